The van der Waals surface area contributed by atoms with Crippen molar-refractivity contribution in [2.24, 2.45) is 5.92 Å². The van der Waals surface area contributed by atoms with Gasteiger partial charge in [0.25, 0.3) is 0 Å². The Kier molecular flexibility index (Phi) is 9.45. The molecular formula is C28H42ClN6O3P. The predicted molar refractivity (Wildman–Crippen MR) is 159 cm³/mol. The van der Waals surface area contributed by atoms with Crippen LogP contribution in [0.25, 0.3) is 0 Å². The molecule has 2 aliphatic rings. The van der Waals surface area contributed by atoms with Crippen LogP contribution in [0.1, 0.15) is 46.5 Å². The van der Waals surface area contributed by atoms with E-state index in [-0.39, 0.29) is 12.1 Å². The smallest absolute Gasteiger partial charge is 0.410 e. The molecule has 11 heteroatoms. The predicted octanol–water partition coefficient (Wildman–Crippen LogP) is 5.65. The first-order valence-electron chi connectivity index (χ1n) is 13.8. The quantitative estimate of drug-likeness (QED) is 0.389. The minimum absolute atomic E-state index is 0.197. The van der Waals surface area contributed by atoms with Crippen LogP contribution in [0.5, 0.6) is 0 Å². The van der Waals surface area contributed by atoms with Crippen LogP contribution in [-0.4, -0.2) is 83.6 Å². The monoisotopic (exact) mass is 576 g/mol. The second-order valence-electron chi connectivity index (χ2n) is 12.0. The number of carbonyl (C=O) groups is 1. The van der Waals surface area contributed by atoms with Crippen LogP contribution in [0.4, 0.5) is 22.2 Å². The zero-order valence-electron chi connectivity index (χ0n) is 23.7. The van der Waals surface area contributed by atoms with Gasteiger partial charge in [-0.05, 0) is 84.4 Å². The van der Waals surface area contributed by atoms with E-state index in [4.69, 9.17) is 16.3 Å². The van der Waals surface area contributed by atoms with Gasteiger partial charge in [-0.15, -0.1) is 0 Å². The average Bonchev–Trinajstić information content (AvgIpc) is 3.31. The molecule has 3 heterocycles. The Morgan fingerprint density at radius 2 is 1.87 bits per heavy atom. The van der Waals surface area contributed by atoms with Crippen LogP contribution in [0, 0.1) is 5.92 Å². The van der Waals surface area contributed by atoms with E-state index in [1.165, 1.54) is 0 Å². The number of halogens is 1. The Balaban J connectivity index is 1.25. The van der Waals surface area contributed by atoms with Gasteiger partial charge in [-0.1, -0.05) is 23.7 Å². The largest absolute Gasteiger partial charge is 0.444 e. The number of anilines is 3. The van der Waals surface area contributed by atoms with Gasteiger partial charge >= 0.3 is 6.09 Å². The van der Waals surface area contributed by atoms with Gasteiger partial charge in [-0.3, -0.25) is 0 Å². The van der Waals surface area contributed by atoms with Crippen LogP contribution in [0.3, 0.4) is 0 Å². The molecule has 2 aromatic rings. The highest BCUT2D eigenvalue weighted by molar-refractivity contribution is 7.70. The molecule has 0 aliphatic carbocycles. The summed E-state index contributed by atoms with van der Waals surface area (Å²) in [5, 5.41) is 7.90. The van der Waals surface area contributed by atoms with E-state index in [2.05, 4.69) is 25.5 Å². The van der Waals surface area contributed by atoms with Crippen LogP contribution in [0.15, 0.2) is 30.5 Å². The topological polar surface area (TPSA) is 99.7 Å². The molecule has 0 saturated carbocycles. The first kappa shape index (κ1) is 29.6. The molecule has 9 nitrogen and oxygen atoms in total. The molecule has 2 saturated heterocycles. The fourth-order valence-electron chi connectivity index (χ4n) is 5.13. The first-order chi connectivity index (χ1) is 18.4. The molecule has 0 spiro atoms. The third-order valence-electron chi connectivity index (χ3n) is 7.21. The fourth-order valence-corrected chi connectivity index (χ4v) is 6.43. The maximum atomic E-state index is 12.7. The summed E-state index contributed by atoms with van der Waals surface area (Å²) in [5.74, 6) is 1.65. The zero-order chi connectivity index (χ0) is 28.2. The molecule has 1 aromatic heterocycles. The Morgan fingerprint density at radius 1 is 1.15 bits per heavy atom. The number of rotatable bonds is 8. The van der Waals surface area contributed by atoms with Gasteiger partial charge in [-0.25, -0.2) is 9.78 Å². The number of hydrogen-bond donors (Lipinski definition) is 2. The van der Waals surface area contributed by atoms with Crippen molar-refractivity contribution in [3.8, 4) is 0 Å². The number of piperidine rings is 1. The first-order valence-corrected chi connectivity index (χ1v) is 16.8. The Hall–Kier alpha value is -2.35. The number of hydrogen-bond acceptors (Lipinski definition) is 8. The fraction of sp³-hybridized carbons (Fsp3) is 0.607. The summed E-state index contributed by atoms with van der Waals surface area (Å²) >= 11 is 6.40. The van der Waals surface area contributed by atoms with Crippen molar-refractivity contribution < 1.29 is 14.1 Å². The van der Waals surface area contributed by atoms with E-state index in [1.54, 1.807) is 19.5 Å². The molecular weight excluding hydrogens is 535 g/mol. The SMILES string of the molecule is CC(C)(C)OC(=O)N1CCC(CCN2CCC(Nc3ncc(Cl)c(Nc4ccccc4P(C)(C)=O)n3)C2)CC1. The number of likely N-dealkylation sites (tertiary alicyclic amines) is 2. The third kappa shape index (κ3) is 8.57. The molecule has 2 aliphatic heterocycles. The minimum atomic E-state index is -2.48. The molecule has 214 valence electrons. The average molecular weight is 577 g/mol. The highest BCUT2D eigenvalue weighted by atomic mass is 35.5. The summed E-state index contributed by atoms with van der Waals surface area (Å²) in [6, 6.07) is 7.79. The summed E-state index contributed by atoms with van der Waals surface area (Å²) in [4.78, 5) is 25.7. The van der Waals surface area contributed by atoms with E-state index in [9.17, 15) is 9.36 Å². The van der Waals surface area contributed by atoms with Gasteiger partial charge in [0.1, 0.15) is 17.8 Å². The van der Waals surface area contributed by atoms with Crippen molar-refractivity contribution in [2.75, 3.05) is 56.7 Å². The number of amides is 1. The van der Waals surface area contributed by atoms with Crippen molar-refractivity contribution in [2.45, 2.75) is 58.1 Å². The lowest BCUT2D eigenvalue weighted by molar-refractivity contribution is 0.0178. The van der Waals surface area contributed by atoms with E-state index < -0.39 is 12.7 Å². The van der Waals surface area contributed by atoms with Gasteiger partial charge in [0.15, 0.2) is 5.82 Å². The van der Waals surface area contributed by atoms with E-state index in [1.807, 2.05) is 49.9 Å². The van der Waals surface area contributed by atoms with Crippen molar-refractivity contribution in [3.63, 3.8) is 0 Å². The van der Waals surface area contributed by atoms with Gasteiger partial charge in [-0.2, -0.15) is 4.98 Å². The summed E-state index contributed by atoms with van der Waals surface area (Å²) in [6.45, 7) is 13.8. The normalized spacial score (nSPS) is 19.2. The molecule has 1 aromatic carbocycles. The van der Waals surface area contributed by atoms with Crippen LogP contribution >= 0.6 is 18.7 Å². The van der Waals surface area contributed by atoms with Crippen LogP contribution < -0.4 is 15.9 Å². The number of ether oxygens (including phenoxy) is 1. The number of para-hydroxylation sites is 1. The van der Waals surface area contributed by atoms with Crippen LogP contribution in [-0.2, 0) is 9.30 Å². The van der Waals surface area contributed by atoms with E-state index in [0.717, 1.165) is 69.4 Å². The summed E-state index contributed by atoms with van der Waals surface area (Å²) in [6.07, 6.45) is 5.60. The van der Waals surface area contributed by atoms with Crippen LogP contribution in [0.2, 0.25) is 5.02 Å². The molecule has 4 rings (SSSR count). The molecule has 0 bridgehead atoms. The van der Waals surface area contributed by atoms with Crippen molar-refractivity contribution in [1.82, 2.24) is 19.8 Å². The molecule has 39 heavy (non-hydrogen) atoms. The van der Waals surface area contributed by atoms with E-state index >= 15 is 0 Å². The van der Waals surface area contributed by atoms with Gasteiger partial charge in [0.05, 0.1) is 11.9 Å². The van der Waals surface area contributed by atoms with Crippen molar-refractivity contribution in [3.05, 3.63) is 35.5 Å². The minimum Gasteiger partial charge on any atom is -0.444 e. The maximum absolute atomic E-state index is 12.7. The lowest BCUT2D eigenvalue weighted by Gasteiger charge is -2.34. The highest BCUT2D eigenvalue weighted by Crippen LogP contribution is 2.38. The summed E-state index contributed by atoms with van der Waals surface area (Å²) in [5.41, 5.74) is 0.284. The van der Waals surface area contributed by atoms with Gasteiger partial charge < -0.3 is 29.7 Å². The maximum Gasteiger partial charge on any atom is 0.410 e. The Morgan fingerprint density at radius 3 is 2.56 bits per heavy atom. The molecule has 1 unspecified atom stereocenters. The Labute approximate surface area is 237 Å². The zero-order valence-corrected chi connectivity index (χ0v) is 25.4. The summed E-state index contributed by atoms with van der Waals surface area (Å²) in [7, 11) is -2.48. The van der Waals surface area contributed by atoms with Crippen molar-refractivity contribution >= 4 is 47.6 Å². The Bertz CT molecular complexity index is 1190. The lowest BCUT2D eigenvalue weighted by Crippen LogP contribution is -2.42. The number of aromatic nitrogens is 2. The molecule has 2 fully saturated rings. The number of carbonyl (C=O) groups excluding carboxylic acids is 1. The van der Waals surface area contributed by atoms with Gasteiger partial charge in [0, 0.05) is 37.5 Å². The number of nitrogens with zero attached hydrogens (tertiary/aromatic N) is 4. The standard InChI is InChI=1S/C28H42ClN6O3P/c1-28(2,3)38-27(36)35-16-11-20(12-17-35)10-14-34-15-13-21(19-34)31-26-30-18-22(29)25(33-26)32-23-8-6-7-9-24(23)39(4,5)37/h6-9,18,20-21H,10-17,19H2,1-5H3,(H2,30,31,32,33). The van der Waals surface area contributed by atoms with Gasteiger partial charge in [0.2, 0.25) is 5.95 Å². The highest BCUT2D eigenvalue weighted by Gasteiger charge is 2.28. The lowest BCUT2D eigenvalue weighted by atomic mass is 9.93. The second kappa shape index (κ2) is 12.4. The molecule has 1 atom stereocenters. The summed E-state index contributed by atoms with van der Waals surface area (Å²) < 4.78 is 18.3. The molecule has 1 amide bonds. The van der Waals surface area contributed by atoms with Crippen molar-refractivity contribution in [1.29, 1.82) is 0 Å². The van der Waals surface area contributed by atoms with E-state index in [0.29, 0.717) is 22.7 Å². The number of nitrogens with one attached hydrogen (secondary N) is 2. The number of benzene rings is 1. The molecule has 0 radical (unpaired) electrons. The second-order valence-corrected chi connectivity index (χ2v) is 15.6. The molecule has 2 N–H and O–H groups in total. The third-order valence-corrected chi connectivity index (χ3v) is 9.03.